The third-order valence-electron chi connectivity index (χ3n) is 6.63. The number of hydrogen-bond acceptors (Lipinski definition) is 0. The molecule has 166 valence electrons. The van der Waals surface area contributed by atoms with Crippen LogP contribution in [0.25, 0.3) is 11.1 Å². The van der Waals surface area contributed by atoms with Gasteiger partial charge in [0.2, 0.25) is 0 Å². The van der Waals surface area contributed by atoms with Gasteiger partial charge in [-0.15, -0.1) is 0 Å². The fraction of sp³-hybridized carbons (Fsp3) is 0.0645. The molecule has 0 spiro atoms. The van der Waals surface area contributed by atoms with Gasteiger partial charge < -0.3 is 24.8 Å². The Hall–Kier alpha value is -2.48. The van der Waals surface area contributed by atoms with Gasteiger partial charge in [-0.3, -0.25) is 0 Å². The first-order valence-electron chi connectivity index (χ1n) is 11.3. The van der Waals surface area contributed by atoms with Crippen LogP contribution in [0.4, 0.5) is 0 Å². The molecule has 2 aliphatic carbocycles. The van der Waals surface area contributed by atoms with E-state index in [2.05, 4.69) is 127 Å². The van der Waals surface area contributed by atoms with Crippen molar-refractivity contribution in [2.24, 2.45) is 0 Å². The van der Waals surface area contributed by atoms with E-state index in [1.807, 2.05) is 0 Å². The second-order valence-corrected chi connectivity index (χ2v) is 12.4. The van der Waals surface area contributed by atoms with E-state index in [0.717, 1.165) is 6.42 Å². The zero-order valence-corrected chi connectivity index (χ0v) is 21.7. The SMILES string of the molecule is C1=CC[C]([Ti+2](=[C](c2ccccc2)c2ccccc2)[CH]2c3ccccc3-c3ccccc32)=C1.[Cl-].[Cl-]. The first kappa shape index (κ1) is 24.6. The summed E-state index contributed by atoms with van der Waals surface area (Å²) in [6.45, 7) is 0. The van der Waals surface area contributed by atoms with Gasteiger partial charge in [0.25, 0.3) is 0 Å². The predicted octanol–water partition coefficient (Wildman–Crippen LogP) is 1.50. The number of allylic oxidation sites excluding steroid dienone is 4. The molecule has 0 aromatic heterocycles. The van der Waals surface area contributed by atoms with E-state index < -0.39 is 17.4 Å². The Morgan fingerprint density at radius 2 is 1.06 bits per heavy atom. The molecule has 0 saturated carbocycles. The fourth-order valence-electron chi connectivity index (χ4n) is 5.29. The van der Waals surface area contributed by atoms with E-state index in [1.54, 1.807) is 7.69 Å². The molecule has 2 aliphatic rings. The summed E-state index contributed by atoms with van der Waals surface area (Å²) in [5, 5.41) is 0. The smallest absolute Gasteiger partial charge is 1.00 e. The number of hydrogen-bond donors (Lipinski definition) is 0. The number of benzene rings is 4. The van der Waals surface area contributed by atoms with Crippen LogP contribution in [0, 0.1) is 0 Å². The average Bonchev–Trinajstić information content (AvgIpc) is 3.51. The molecule has 34 heavy (non-hydrogen) atoms. The Kier molecular flexibility index (Phi) is 7.86. The molecule has 0 N–H and O–H groups in total. The van der Waals surface area contributed by atoms with E-state index in [4.69, 9.17) is 0 Å². The van der Waals surface area contributed by atoms with E-state index in [0.29, 0.717) is 4.22 Å². The molecule has 0 amide bonds. The molecule has 4 aromatic carbocycles. The van der Waals surface area contributed by atoms with E-state index >= 15 is 0 Å². The average molecular weight is 515 g/mol. The maximum absolute atomic E-state index is 2.42. The molecule has 4 aromatic rings. The summed E-state index contributed by atoms with van der Waals surface area (Å²) in [5.74, 6) is 0. The molecule has 0 heterocycles. The molecule has 0 fully saturated rings. The first-order chi connectivity index (χ1) is 15.9. The Morgan fingerprint density at radius 3 is 1.53 bits per heavy atom. The molecular weight excluding hydrogens is 491 g/mol. The van der Waals surface area contributed by atoms with Crippen molar-refractivity contribution >= 4 is 3.81 Å². The second-order valence-electron chi connectivity index (χ2n) is 8.45. The molecule has 0 aliphatic heterocycles. The quantitative estimate of drug-likeness (QED) is 0.362. The summed E-state index contributed by atoms with van der Waals surface area (Å²) >= 11 is -2.05. The van der Waals surface area contributed by atoms with Crippen molar-refractivity contribution in [2.45, 2.75) is 10.6 Å². The zero-order valence-electron chi connectivity index (χ0n) is 18.7. The van der Waals surface area contributed by atoms with Gasteiger partial charge in [-0.05, 0) is 0 Å². The third kappa shape index (κ3) is 4.33. The predicted molar refractivity (Wildman–Crippen MR) is 132 cm³/mol. The number of halogens is 2. The summed E-state index contributed by atoms with van der Waals surface area (Å²) in [6, 6.07) is 40.5. The van der Waals surface area contributed by atoms with Gasteiger partial charge in [-0.25, -0.2) is 0 Å². The van der Waals surface area contributed by atoms with Gasteiger partial charge in [0.15, 0.2) is 0 Å². The summed E-state index contributed by atoms with van der Waals surface area (Å²) < 4.78 is 3.70. The monoisotopic (exact) mass is 514 g/mol. The van der Waals surface area contributed by atoms with Crippen molar-refractivity contribution in [1.29, 1.82) is 0 Å². The largest absolute Gasteiger partial charge is 1.00 e. The molecule has 0 unspecified atom stereocenters. The van der Waals surface area contributed by atoms with Crippen LogP contribution < -0.4 is 24.8 Å². The van der Waals surface area contributed by atoms with Gasteiger partial charge >= 0.3 is 197 Å². The Bertz CT molecular complexity index is 1300. The molecular formula is C31H24Cl2Ti. The standard InChI is InChI=1S/C13H9.C13H10.C5H5.2ClH.Ti/c1-3-7-12-10(5-1)9-11-6-2-4-8-13(11)12;1-3-7-12(8-4-1)11-13-9-5-2-6-10-13;1-2-4-5-3-1;;;/h1-9H;1-10H;1-3H,4H2;2*1H;/q;;;;;+2/p-2. The minimum absolute atomic E-state index is 0. The van der Waals surface area contributed by atoms with Crippen molar-refractivity contribution in [3.8, 4) is 11.1 Å². The fourth-order valence-corrected chi connectivity index (χ4v) is 11.0. The molecule has 0 nitrogen and oxygen atoms in total. The van der Waals surface area contributed by atoms with Gasteiger partial charge in [0.1, 0.15) is 0 Å². The van der Waals surface area contributed by atoms with Crippen molar-refractivity contribution in [2.75, 3.05) is 0 Å². The zero-order chi connectivity index (χ0) is 21.3. The van der Waals surface area contributed by atoms with Crippen LogP contribution in [0.1, 0.15) is 32.9 Å². The molecule has 0 saturated heterocycles. The van der Waals surface area contributed by atoms with Gasteiger partial charge in [-0.2, -0.15) is 0 Å². The van der Waals surface area contributed by atoms with Crippen molar-refractivity contribution in [1.82, 2.24) is 0 Å². The van der Waals surface area contributed by atoms with E-state index in [1.165, 1.54) is 33.4 Å². The summed E-state index contributed by atoms with van der Waals surface area (Å²) in [7, 11) is 0. The minimum atomic E-state index is -2.05. The Morgan fingerprint density at radius 1 is 0.588 bits per heavy atom. The van der Waals surface area contributed by atoms with Crippen molar-refractivity contribution in [3.05, 3.63) is 154 Å². The minimum Gasteiger partial charge on any atom is -1.00 e. The van der Waals surface area contributed by atoms with Crippen LogP contribution in [0.2, 0.25) is 0 Å². The van der Waals surface area contributed by atoms with Crippen LogP contribution in [0.3, 0.4) is 0 Å². The molecule has 0 bridgehead atoms. The number of rotatable bonds is 4. The molecule has 0 radical (unpaired) electrons. The molecule has 3 heteroatoms. The maximum Gasteiger partial charge on any atom is -1.00 e. The van der Waals surface area contributed by atoms with Gasteiger partial charge in [0.05, 0.1) is 0 Å². The van der Waals surface area contributed by atoms with Crippen LogP contribution >= 0.6 is 0 Å². The first-order valence-corrected chi connectivity index (χ1v) is 13.8. The van der Waals surface area contributed by atoms with Crippen molar-refractivity contribution in [3.63, 3.8) is 0 Å². The van der Waals surface area contributed by atoms with E-state index in [-0.39, 0.29) is 24.8 Å². The second kappa shape index (κ2) is 10.8. The normalized spacial score (nSPS) is 13.0. The van der Waals surface area contributed by atoms with Gasteiger partial charge in [-0.1, -0.05) is 0 Å². The van der Waals surface area contributed by atoms with E-state index in [9.17, 15) is 0 Å². The summed E-state index contributed by atoms with van der Waals surface area (Å²) in [5.41, 5.74) is 8.63. The Labute approximate surface area is 220 Å². The van der Waals surface area contributed by atoms with Gasteiger partial charge in [0, 0.05) is 0 Å². The topological polar surface area (TPSA) is 0 Å². The third-order valence-corrected chi connectivity index (χ3v) is 11.9. The molecule has 0 atom stereocenters. The Balaban J connectivity index is 0.00000137. The summed E-state index contributed by atoms with van der Waals surface area (Å²) in [6.07, 6.45) is 8.11. The van der Waals surface area contributed by atoms with Crippen LogP contribution in [-0.4, -0.2) is 3.81 Å². The molecule has 6 rings (SSSR count). The number of fused-ring (bicyclic) bond motifs is 3. The van der Waals surface area contributed by atoms with Crippen LogP contribution in [0.15, 0.2) is 131 Å². The maximum atomic E-state index is 2.42. The van der Waals surface area contributed by atoms with Crippen molar-refractivity contribution < 1.29 is 42.2 Å². The summed E-state index contributed by atoms with van der Waals surface area (Å²) in [4.78, 5) is 0. The van der Waals surface area contributed by atoms with Crippen LogP contribution in [0.5, 0.6) is 0 Å². The van der Waals surface area contributed by atoms with Crippen LogP contribution in [-0.2, 0) is 17.4 Å².